The van der Waals surface area contributed by atoms with Gasteiger partial charge in [-0.05, 0) is 59.2 Å². The molecule has 0 radical (unpaired) electrons. The molecule has 0 amide bonds. The van der Waals surface area contributed by atoms with Gasteiger partial charge >= 0.3 is 5.97 Å². The van der Waals surface area contributed by atoms with E-state index in [-0.39, 0.29) is 5.57 Å². The van der Waals surface area contributed by atoms with Crippen LogP contribution in [0, 0.1) is 11.3 Å². The Balaban J connectivity index is 1.45. The summed E-state index contributed by atoms with van der Waals surface area (Å²) in [7, 11) is 0. The molecule has 0 spiro atoms. The van der Waals surface area contributed by atoms with Gasteiger partial charge in [0.05, 0.1) is 0 Å². The number of allylic oxidation sites excluding steroid dienone is 2. The molecule has 4 nitrogen and oxygen atoms in total. The first-order chi connectivity index (χ1) is 17.6. The van der Waals surface area contributed by atoms with Crippen LogP contribution in [0.4, 0.5) is 17.1 Å². The SMILES string of the molecule is N#C/C(=C/c1ccc(/C=C/C=C/c2ccc(N(c3ccccc3)c3ccccc3)cc2)cc1)C(=O)O. The number of nitriles is 1. The minimum atomic E-state index is -1.23. The largest absolute Gasteiger partial charge is 0.477 e. The molecule has 4 heteroatoms. The lowest BCUT2D eigenvalue weighted by Crippen LogP contribution is -2.09. The Bertz CT molecular complexity index is 1390. The molecule has 0 fully saturated rings. The number of hydrogen-bond donors (Lipinski definition) is 1. The zero-order valence-corrected chi connectivity index (χ0v) is 19.5. The maximum absolute atomic E-state index is 11.0. The summed E-state index contributed by atoms with van der Waals surface area (Å²) in [4.78, 5) is 13.2. The van der Waals surface area contributed by atoms with E-state index < -0.39 is 5.97 Å². The van der Waals surface area contributed by atoms with Crippen molar-refractivity contribution in [2.75, 3.05) is 4.90 Å². The van der Waals surface area contributed by atoms with Crippen molar-refractivity contribution in [2.45, 2.75) is 0 Å². The first-order valence-electron chi connectivity index (χ1n) is 11.4. The number of para-hydroxylation sites is 2. The molecule has 174 valence electrons. The third-order valence-corrected chi connectivity index (χ3v) is 5.47. The molecular formula is C32H24N2O2. The minimum absolute atomic E-state index is 0.289. The highest BCUT2D eigenvalue weighted by Gasteiger charge is 2.11. The predicted molar refractivity (Wildman–Crippen MR) is 147 cm³/mol. The van der Waals surface area contributed by atoms with Crippen molar-refractivity contribution < 1.29 is 9.90 Å². The van der Waals surface area contributed by atoms with Gasteiger partial charge in [-0.25, -0.2) is 4.79 Å². The summed E-state index contributed by atoms with van der Waals surface area (Å²) in [6.07, 6.45) is 9.30. The molecule has 0 aliphatic rings. The van der Waals surface area contributed by atoms with Crippen molar-refractivity contribution in [3.8, 4) is 6.07 Å². The molecule has 0 aliphatic carbocycles. The van der Waals surface area contributed by atoms with Gasteiger partial charge in [0.1, 0.15) is 11.6 Å². The van der Waals surface area contributed by atoms with Crippen LogP contribution in [0.1, 0.15) is 16.7 Å². The molecule has 0 aliphatic heterocycles. The van der Waals surface area contributed by atoms with E-state index in [1.165, 1.54) is 6.08 Å². The fraction of sp³-hybridized carbons (Fsp3) is 0. The van der Waals surface area contributed by atoms with E-state index in [0.717, 1.165) is 28.2 Å². The number of anilines is 3. The molecule has 4 aromatic rings. The molecule has 0 heterocycles. The fourth-order valence-electron chi connectivity index (χ4n) is 3.68. The van der Waals surface area contributed by atoms with Gasteiger partial charge in [-0.3, -0.25) is 0 Å². The lowest BCUT2D eigenvalue weighted by Gasteiger charge is -2.25. The van der Waals surface area contributed by atoms with E-state index in [1.807, 2.05) is 72.8 Å². The Morgan fingerprint density at radius 2 is 1.06 bits per heavy atom. The van der Waals surface area contributed by atoms with Gasteiger partial charge < -0.3 is 10.0 Å². The normalized spacial score (nSPS) is 11.5. The van der Waals surface area contributed by atoms with E-state index in [9.17, 15) is 4.79 Å². The maximum Gasteiger partial charge on any atom is 0.346 e. The van der Waals surface area contributed by atoms with Gasteiger partial charge in [0.2, 0.25) is 0 Å². The number of aliphatic carboxylic acids is 1. The number of benzene rings is 4. The number of nitrogens with zero attached hydrogens (tertiary/aromatic N) is 2. The summed E-state index contributed by atoms with van der Waals surface area (Å²) in [5.41, 5.74) is 5.72. The Morgan fingerprint density at radius 1 is 0.639 bits per heavy atom. The van der Waals surface area contributed by atoms with Crippen LogP contribution in [0.25, 0.3) is 18.2 Å². The lowest BCUT2D eigenvalue weighted by molar-refractivity contribution is -0.132. The summed E-state index contributed by atoms with van der Waals surface area (Å²) >= 11 is 0. The Hall–Kier alpha value is -5.14. The number of rotatable bonds is 8. The van der Waals surface area contributed by atoms with Crippen LogP contribution in [0.5, 0.6) is 0 Å². The van der Waals surface area contributed by atoms with E-state index in [1.54, 1.807) is 18.2 Å². The van der Waals surface area contributed by atoms with E-state index in [0.29, 0.717) is 5.56 Å². The van der Waals surface area contributed by atoms with Gasteiger partial charge in [-0.2, -0.15) is 5.26 Å². The second kappa shape index (κ2) is 11.8. The van der Waals surface area contributed by atoms with Crippen LogP contribution in [-0.4, -0.2) is 11.1 Å². The summed E-state index contributed by atoms with van der Waals surface area (Å²) in [6.45, 7) is 0. The van der Waals surface area contributed by atoms with Gasteiger partial charge in [0.25, 0.3) is 0 Å². The molecule has 4 aromatic carbocycles. The van der Waals surface area contributed by atoms with Crippen LogP contribution < -0.4 is 4.90 Å². The molecule has 0 saturated heterocycles. The summed E-state index contributed by atoms with van der Waals surface area (Å²) in [5, 5.41) is 17.8. The van der Waals surface area contributed by atoms with Crippen LogP contribution in [-0.2, 0) is 4.79 Å². The molecule has 1 N–H and O–H groups in total. The zero-order valence-electron chi connectivity index (χ0n) is 19.5. The van der Waals surface area contributed by atoms with Crippen molar-refractivity contribution in [1.29, 1.82) is 5.26 Å². The van der Waals surface area contributed by atoms with Gasteiger partial charge in [0, 0.05) is 17.1 Å². The van der Waals surface area contributed by atoms with Crippen molar-refractivity contribution in [2.24, 2.45) is 0 Å². The van der Waals surface area contributed by atoms with Crippen LogP contribution in [0.3, 0.4) is 0 Å². The lowest BCUT2D eigenvalue weighted by atomic mass is 10.1. The summed E-state index contributed by atoms with van der Waals surface area (Å²) < 4.78 is 0. The second-order valence-corrected chi connectivity index (χ2v) is 7.96. The molecule has 0 saturated carbocycles. The quantitative estimate of drug-likeness (QED) is 0.162. The number of carbonyl (C=O) groups is 1. The van der Waals surface area contributed by atoms with Crippen molar-refractivity contribution in [1.82, 2.24) is 0 Å². The van der Waals surface area contributed by atoms with Crippen molar-refractivity contribution in [3.05, 3.63) is 144 Å². The molecule has 0 aromatic heterocycles. The van der Waals surface area contributed by atoms with Crippen LogP contribution >= 0.6 is 0 Å². The third-order valence-electron chi connectivity index (χ3n) is 5.47. The average molecular weight is 469 g/mol. The predicted octanol–water partition coefficient (Wildman–Crippen LogP) is 7.87. The Labute approximate surface area is 211 Å². The first-order valence-corrected chi connectivity index (χ1v) is 11.4. The highest BCUT2D eigenvalue weighted by Crippen LogP contribution is 2.34. The Morgan fingerprint density at radius 3 is 1.50 bits per heavy atom. The first kappa shape index (κ1) is 24.0. The highest BCUT2D eigenvalue weighted by molar-refractivity contribution is 5.96. The maximum atomic E-state index is 11.0. The molecule has 4 rings (SSSR count). The van der Waals surface area contributed by atoms with E-state index >= 15 is 0 Å². The van der Waals surface area contributed by atoms with Crippen LogP contribution in [0.2, 0.25) is 0 Å². The summed E-state index contributed by atoms with van der Waals surface area (Å²) in [6, 6.07) is 38.0. The average Bonchev–Trinajstić information content (AvgIpc) is 2.92. The van der Waals surface area contributed by atoms with E-state index in [4.69, 9.17) is 10.4 Å². The number of carboxylic acids is 1. The van der Waals surface area contributed by atoms with Gasteiger partial charge in [-0.15, -0.1) is 0 Å². The molecule has 0 unspecified atom stereocenters. The van der Waals surface area contributed by atoms with Crippen molar-refractivity contribution in [3.63, 3.8) is 0 Å². The highest BCUT2D eigenvalue weighted by atomic mass is 16.4. The van der Waals surface area contributed by atoms with Crippen molar-refractivity contribution >= 4 is 41.3 Å². The minimum Gasteiger partial charge on any atom is -0.477 e. The topological polar surface area (TPSA) is 64.3 Å². The molecule has 36 heavy (non-hydrogen) atoms. The fourth-order valence-corrected chi connectivity index (χ4v) is 3.68. The molecular weight excluding hydrogens is 444 g/mol. The zero-order chi connectivity index (χ0) is 25.2. The smallest absolute Gasteiger partial charge is 0.346 e. The van der Waals surface area contributed by atoms with Gasteiger partial charge in [0.15, 0.2) is 0 Å². The number of carboxylic acid groups (broad SMARTS) is 1. The van der Waals surface area contributed by atoms with E-state index in [2.05, 4.69) is 53.4 Å². The van der Waals surface area contributed by atoms with Crippen LogP contribution in [0.15, 0.2) is 127 Å². The summed E-state index contributed by atoms with van der Waals surface area (Å²) in [5.74, 6) is -1.23. The van der Waals surface area contributed by atoms with Gasteiger partial charge in [-0.1, -0.05) is 97.1 Å². The monoisotopic (exact) mass is 468 g/mol. The second-order valence-electron chi connectivity index (χ2n) is 7.96. The molecule has 0 atom stereocenters. The third kappa shape index (κ3) is 6.25. The molecule has 0 bridgehead atoms. The number of hydrogen-bond acceptors (Lipinski definition) is 3. The Kier molecular flexibility index (Phi) is 7.88. The standard InChI is InChI=1S/C32H24N2O2/c33-24-28(32(35)36)23-27-17-15-25(16-18-27)9-7-8-10-26-19-21-31(22-20-26)34(29-11-3-1-4-12-29)30-13-5-2-6-14-30/h1-23H,(H,35,36)/b9-7+,10-8+,28-23-.